The molecule has 2 fully saturated rings. The Labute approximate surface area is 110 Å². The zero-order valence-corrected chi connectivity index (χ0v) is 11.3. The topological polar surface area (TPSA) is 28.4 Å². The minimum absolute atomic E-state index is 0.836. The summed E-state index contributed by atoms with van der Waals surface area (Å²) in [5, 5.41) is 3.18. The van der Waals surface area contributed by atoms with Gasteiger partial charge in [-0.1, -0.05) is 6.42 Å². The number of hydrogen-bond acceptors (Lipinski definition) is 3. The fraction of sp³-hybridized carbons (Fsp3) is 0.733. The van der Waals surface area contributed by atoms with E-state index in [9.17, 15) is 0 Å². The Morgan fingerprint density at radius 2 is 2.11 bits per heavy atom. The lowest BCUT2D eigenvalue weighted by Crippen LogP contribution is -2.42. The van der Waals surface area contributed by atoms with Crippen LogP contribution in [0.1, 0.15) is 37.0 Å². The predicted molar refractivity (Wildman–Crippen MR) is 72.2 cm³/mol. The minimum Gasteiger partial charge on any atom is -0.468 e. The molecule has 0 radical (unpaired) electrons. The fourth-order valence-corrected chi connectivity index (χ4v) is 3.73. The van der Waals surface area contributed by atoms with E-state index in [-0.39, 0.29) is 0 Å². The third kappa shape index (κ3) is 2.62. The Bertz CT molecular complexity index is 376. The Morgan fingerprint density at radius 1 is 1.33 bits per heavy atom. The van der Waals surface area contributed by atoms with Gasteiger partial charge < -0.3 is 9.73 Å². The van der Waals surface area contributed by atoms with Crippen LogP contribution in [0.2, 0.25) is 0 Å². The van der Waals surface area contributed by atoms with Gasteiger partial charge in [-0.2, -0.15) is 0 Å². The van der Waals surface area contributed by atoms with Crippen molar-refractivity contribution in [1.82, 2.24) is 10.2 Å². The number of rotatable bonds is 4. The number of nitrogens with one attached hydrogen (secondary N) is 1. The molecule has 2 bridgehead atoms. The minimum atomic E-state index is 0.836. The number of hydrogen-bond donors (Lipinski definition) is 1. The molecule has 18 heavy (non-hydrogen) atoms. The first kappa shape index (κ1) is 12.2. The predicted octanol–water partition coefficient (Wildman–Crippen LogP) is 2.62. The van der Waals surface area contributed by atoms with Crippen LogP contribution in [0, 0.1) is 11.8 Å². The maximum atomic E-state index is 5.55. The highest BCUT2D eigenvalue weighted by atomic mass is 16.3. The molecule has 3 heteroatoms. The average molecular weight is 248 g/mol. The standard InChI is InChI=1S/C15H24N2O/c1-16-8-15-14(5-6-18-15)11-17-9-12-3-2-4-13(7-12)10-17/h5-6,12-13,16H,2-4,7-11H2,1H3. The van der Waals surface area contributed by atoms with Crippen LogP contribution >= 0.6 is 0 Å². The van der Waals surface area contributed by atoms with Crippen LogP contribution in [0.15, 0.2) is 16.7 Å². The van der Waals surface area contributed by atoms with E-state index in [1.165, 1.54) is 44.3 Å². The Morgan fingerprint density at radius 3 is 2.83 bits per heavy atom. The molecular weight excluding hydrogens is 224 g/mol. The van der Waals surface area contributed by atoms with E-state index in [0.717, 1.165) is 30.7 Å². The van der Waals surface area contributed by atoms with Crippen molar-refractivity contribution in [1.29, 1.82) is 0 Å². The normalized spacial score (nSPS) is 28.5. The van der Waals surface area contributed by atoms with Gasteiger partial charge in [0.05, 0.1) is 12.8 Å². The number of furan rings is 1. The summed E-state index contributed by atoms with van der Waals surface area (Å²) in [6.07, 6.45) is 7.65. The molecule has 100 valence electrons. The lowest BCUT2D eigenvalue weighted by atomic mass is 9.78. The molecule has 1 aromatic heterocycles. The maximum Gasteiger partial charge on any atom is 0.122 e. The van der Waals surface area contributed by atoms with Gasteiger partial charge in [-0.3, -0.25) is 4.90 Å². The first-order valence-electron chi connectivity index (χ1n) is 7.27. The highest BCUT2D eigenvalue weighted by Crippen LogP contribution is 2.35. The largest absolute Gasteiger partial charge is 0.468 e. The molecular formula is C15H24N2O. The molecule has 1 aromatic rings. The summed E-state index contributed by atoms with van der Waals surface area (Å²) in [6.45, 7) is 4.49. The van der Waals surface area contributed by atoms with Crippen molar-refractivity contribution >= 4 is 0 Å². The van der Waals surface area contributed by atoms with E-state index in [4.69, 9.17) is 4.42 Å². The molecule has 0 amide bonds. The van der Waals surface area contributed by atoms with Crippen molar-refractivity contribution < 1.29 is 4.42 Å². The molecule has 1 saturated heterocycles. The second-order valence-electron chi connectivity index (χ2n) is 5.99. The molecule has 1 aliphatic heterocycles. The van der Waals surface area contributed by atoms with Crippen LogP contribution in [0.25, 0.3) is 0 Å². The van der Waals surface area contributed by atoms with E-state index >= 15 is 0 Å². The smallest absolute Gasteiger partial charge is 0.122 e. The van der Waals surface area contributed by atoms with Gasteiger partial charge >= 0.3 is 0 Å². The van der Waals surface area contributed by atoms with Crippen LogP contribution in [0.4, 0.5) is 0 Å². The summed E-state index contributed by atoms with van der Waals surface area (Å²) in [5.74, 6) is 3.02. The summed E-state index contributed by atoms with van der Waals surface area (Å²) >= 11 is 0. The summed E-state index contributed by atoms with van der Waals surface area (Å²) in [5.41, 5.74) is 1.37. The van der Waals surface area contributed by atoms with Crippen LogP contribution in [-0.2, 0) is 13.1 Å². The van der Waals surface area contributed by atoms with Crippen LogP contribution < -0.4 is 5.32 Å². The molecule has 1 N–H and O–H groups in total. The molecule has 2 unspecified atom stereocenters. The molecule has 0 aromatic carbocycles. The van der Waals surface area contributed by atoms with Crippen molar-refractivity contribution in [3.05, 3.63) is 23.7 Å². The third-order valence-corrected chi connectivity index (χ3v) is 4.49. The van der Waals surface area contributed by atoms with Crippen LogP contribution in [0.5, 0.6) is 0 Å². The van der Waals surface area contributed by atoms with Crippen molar-refractivity contribution in [3.8, 4) is 0 Å². The van der Waals surface area contributed by atoms with Crippen molar-refractivity contribution in [2.24, 2.45) is 11.8 Å². The monoisotopic (exact) mass is 248 g/mol. The molecule has 0 spiro atoms. The van der Waals surface area contributed by atoms with Crippen molar-refractivity contribution in [2.45, 2.75) is 38.8 Å². The molecule has 2 aliphatic rings. The number of likely N-dealkylation sites (tertiary alicyclic amines) is 1. The molecule has 1 aliphatic carbocycles. The lowest BCUT2D eigenvalue weighted by molar-refractivity contribution is 0.0803. The van der Waals surface area contributed by atoms with Gasteiger partial charge in [0, 0.05) is 25.2 Å². The lowest BCUT2D eigenvalue weighted by Gasteiger charge is -2.41. The summed E-state index contributed by atoms with van der Waals surface area (Å²) in [6, 6.07) is 2.14. The van der Waals surface area contributed by atoms with Crippen molar-refractivity contribution in [3.63, 3.8) is 0 Å². The van der Waals surface area contributed by atoms with Gasteiger partial charge in [0.25, 0.3) is 0 Å². The summed E-state index contributed by atoms with van der Waals surface area (Å²) < 4.78 is 5.55. The van der Waals surface area contributed by atoms with E-state index in [2.05, 4.69) is 16.3 Å². The zero-order valence-electron chi connectivity index (χ0n) is 11.3. The second-order valence-corrected chi connectivity index (χ2v) is 5.99. The molecule has 1 saturated carbocycles. The Balaban J connectivity index is 1.63. The summed E-state index contributed by atoms with van der Waals surface area (Å²) in [7, 11) is 1.97. The van der Waals surface area contributed by atoms with E-state index in [0.29, 0.717) is 0 Å². The highest BCUT2D eigenvalue weighted by molar-refractivity contribution is 5.17. The van der Waals surface area contributed by atoms with Gasteiger partial charge in [-0.05, 0) is 44.2 Å². The maximum absolute atomic E-state index is 5.55. The number of nitrogens with zero attached hydrogens (tertiary/aromatic N) is 1. The van der Waals surface area contributed by atoms with Crippen molar-refractivity contribution in [2.75, 3.05) is 20.1 Å². The highest BCUT2D eigenvalue weighted by Gasteiger charge is 2.30. The Hall–Kier alpha value is -0.800. The van der Waals surface area contributed by atoms with E-state index in [1.54, 1.807) is 0 Å². The SMILES string of the molecule is CNCc1occc1CN1CC2CCCC(C2)C1. The molecule has 2 atom stereocenters. The number of fused-ring (bicyclic) bond motifs is 2. The fourth-order valence-electron chi connectivity index (χ4n) is 3.73. The Kier molecular flexibility index (Phi) is 3.71. The zero-order chi connectivity index (χ0) is 12.4. The van der Waals surface area contributed by atoms with Gasteiger partial charge in [0.2, 0.25) is 0 Å². The quantitative estimate of drug-likeness (QED) is 0.888. The van der Waals surface area contributed by atoms with Gasteiger partial charge in [0.15, 0.2) is 0 Å². The first-order valence-corrected chi connectivity index (χ1v) is 7.27. The molecule has 3 rings (SSSR count). The van der Waals surface area contributed by atoms with E-state index < -0.39 is 0 Å². The van der Waals surface area contributed by atoms with Gasteiger partial charge in [-0.25, -0.2) is 0 Å². The second kappa shape index (κ2) is 5.45. The molecule has 2 heterocycles. The summed E-state index contributed by atoms with van der Waals surface area (Å²) in [4.78, 5) is 2.64. The van der Waals surface area contributed by atoms with Gasteiger partial charge in [0.1, 0.15) is 5.76 Å². The molecule has 3 nitrogen and oxygen atoms in total. The average Bonchev–Trinajstić information content (AvgIpc) is 2.77. The van der Waals surface area contributed by atoms with Gasteiger partial charge in [-0.15, -0.1) is 0 Å². The first-order chi connectivity index (χ1) is 8.85. The number of piperidine rings is 1. The van der Waals surface area contributed by atoms with Crippen LogP contribution in [0.3, 0.4) is 0 Å². The van der Waals surface area contributed by atoms with Crippen LogP contribution in [-0.4, -0.2) is 25.0 Å². The van der Waals surface area contributed by atoms with E-state index in [1.807, 2.05) is 13.3 Å². The third-order valence-electron chi connectivity index (χ3n) is 4.49.